The van der Waals surface area contributed by atoms with Crippen LogP contribution in [0.3, 0.4) is 0 Å². The molecule has 2 fully saturated rings. The Morgan fingerprint density at radius 2 is 1.22 bits per heavy atom. The topological polar surface area (TPSA) is 43.9 Å². The molecular formula is C32H33N3O2. The summed E-state index contributed by atoms with van der Waals surface area (Å²) in [4.78, 5) is 33.3. The highest BCUT2D eigenvalue weighted by Crippen LogP contribution is 2.46. The molecule has 6 rings (SSSR count). The summed E-state index contributed by atoms with van der Waals surface area (Å²) in [6, 6.07) is 24.8. The first-order chi connectivity index (χ1) is 18.1. The first-order valence-corrected chi connectivity index (χ1v) is 13.4. The lowest BCUT2D eigenvalue weighted by Crippen LogP contribution is -2.46. The number of piperazine rings is 1. The van der Waals surface area contributed by atoms with Crippen molar-refractivity contribution in [2.24, 2.45) is 0 Å². The minimum absolute atomic E-state index is 0.0566. The maximum atomic E-state index is 13.4. The van der Waals surface area contributed by atoms with Crippen LogP contribution in [0.25, 0.3) is 16.7 Å². The monoisotopic (exact) mass is 491 g/mol. The van der Waals surface area contributed by atoms with E-state index in [-0.39, 0.29) is 18.2 Å². The van der Waals surface area contributed by atoms with Crippen LogP contribution in [0, 0.1) is 6.92 Å². The van der Waals surface area contributed by atoms with Gasteiger partial charge in [0.1, 0.15) is 0 Å². The number of likely N-dealkylation sites (tertiary alicyclic amines) is 1. The molecule has 0 radical (unpaired) electrons. The molecule has 5 nitrogen and oxygen atoms in total. The fourth-order valence-electron chi connectivity index (χ4n) is 6.08. The Balaban J connectivity index is 1.06. The van der Waals surface area contributed by atoms with Gasteiger partial charge < -0.3 is 9.80 Å². The van der Waals surface area contributed by atoms with Crippen molar-refractivity contribution < 1.29 is 9.59 Å². The number of rotatable bonds is 6. The average Bonchev–Trinajstić information content (AvgIpc) is 3.40. The normalized spacial score (nSPS) is 17.5. The van der Waals surface area contributed by atoms with E-state index in [2.05, 4.69) is 53.1 Å². The smallest absolute Gasteiger partial charge is 0.258 e. The molecule has 2 heterocycles. The standard InChI is InChI=1S/C32H33N3O2/c1-23-10-2-7-15-28(23)34-20-18-33(19-21-34)16-8-9-17-35-22-29(36)31(32(35)37)30-26-13-5-3-11-24(26)25-12-4-6-14-27(25)30/h2-7,10-15H,8-9,16-22H2,1H3. The second-order valence-corrected chi connectivity index (χ2v) is 10.3. The lowest BCUT2D eigenvalue weighted by molar-refractivity contribution is -0.124. The van der Waals surface area contributed by atoms with Gasteiger partial charge in [-0.05, 0) is 60.2 Å². The van der Waals surface area contributed by atoms with Crippen LogP contribution in [0.1, 0.15) is 29.5 Å². The number of benzene rings is 3. The van der Waals surface area contributed by atoms with Crippen LogP contribution in [0.4, 0.5) is 5.69 Å². The third-order valence-corrected chi connectivity index (χ3v) is 8.03. The van der Waals surface area contributed by atoms with Crippen LogP contribution in [0.2, 0.25) is 0 Å². The van der Waals surface area contributed by atoms with E-state index in [9.17, 15) is 9.59 Å². The number of unbranched alkanes of at least 4 members (excludes halogenated alkanes) is 1. The molecule has 3 aliphatic rings. The third kappa shape index (κ3) is 4.38. The molecule has 0 atom stereocenters. The second kappa shape index (κ2) is 9.98. The molecule has 3 aromatic carbocycles. The van der Waals surface area contributed by atoms with E-state index >= 15 is 0 Å². The van der Waals surface area contributed by atoms with Gasteiger partial charge in [-0.2, -0.15) is 0 Å². The van der Waals surface area contributed by atoms with Crippen molar-refractivity contribution in [2.45, 2.75) is 19.8 Å². The highest BCUT2D eigenvalue weighted by Gasteiger charge is 2.39. The van der Waals surface area contributed by atoms with Crippen LogP contribution in [-0.2, 0) is 9.59 Å². The Morgan fingerprint density at radius 1 is 0.649 bits per heavy atom. The number of para-hydroxylation sites is 1. The van der Waals surface area contributed by atoms with Gasteiger partial charge in [-0.3, -0.25) is 14.5 Å². The number of fused-ring (bicyclic) bond motifs is 3. The van der Waals surface area contributed by atoms with Gasteiger partial charge in [0.2, 0.25) is 0 Å². The van der Waals surface area contributed by atoms with Crippen LogP contribution in [0.5, 0.6) is 0 Å². The second-order valence-electron chi connectivity index (χ2n) is 10.3. The number of Topliss-reactive ketones (excluding diaryl/α,β-unsaturated/α-hetero) is 1. The van der Waals surface area contributed by atoms with Crippen molar-refractivity contribution in [1.29, 1.82) is 0 Å². The molecule has 0 aromatic heterocycles. The number of hydrogen-bond donors (Lipinski definition) is 0. The summed E-state index contributed by atoms with van der Waals surface area (Å²) in [7, 11) is 0. The van der Waals surface area contributed by atoms with Crippen molar-refractivity contribution in [3.05, 3.63) is 95.1 Å². The van der Waals surface area contributed by atoms with Gasteiger partial charge in [0.25, 0.3) is 5.91 Å². The van der Waals surface area contributed by atoms with E-state index in [1.807, 2.05) is 36.4 Å². The van der Waals surface area contributed by atoms with E-state index in [1.54, 1.807) is 4.90 Å². The predicted octanol–water partition coefficient (Wildman–Crippen LogP) is 4.79. The van der Waals surface area contributed by atoms with Crippen molar-refractivity contribution in [1.82, 2.24) is 9.80 Å². The molecule has 0 N–H and O–H groups in total. The summed E-state index contributed by atoms with van der Waals surface area (Å²) in [5, 5.41) is 0. The van der Waals surface area contributed by atoms with Crippen molar-refractivity contribution in [3.63, 3.8) is 0 Å². The number of nitrogens with zero attached hydrogens (tertiary/aromatic N) is 3. The number of carbonyl (C=O) groups is 2. The number of hydrogen-bond acceptors (Lipinski definition) is 4. The van der Waals surface area contributed by atoms with Gasteiger partial charge in [0.15, 0.2) is 5.78 Å². The van der Waals surface area contributed by atoms with Crippen LogP contribution >= 0.6 is 0 Å². The van der Waals surface area contributed by atoms with Crippen LogP contribution in [-0.4, -0.2) is 67.3 Å². The molecule has 0 spiro atoms. The summed E-state index contributed by atoms with van der Waals surface area (Å²) >= 11 is 0. The number of ketones is 1. The van der Waals surface area contributed by atoms with Crippen LogP contribution in [0.15, 0.2) is 78.4 Å². The molecule has 0 saturated carbocycles. The van der Waals surface area contributed by atoms with Gasteiger partial charge in [-0.25, -0.2) is 0 Å². The lowest BCUT2D eigenvalue weighted by atomic mass is 9.96. The Morgan fingerprint density at radius 3 is 1.86 bits per heavy atom. The Labute approximate surface area is 219 Å². The molecule has 2 aliphatic heterocycles. The minimum atomic E-state index is -0.113. The molecule has 37 heavy (non-hydrogen) atoms. The summed E-state index contributed by atoms with van der Waals surface area (Å²) in [5.41, 5.74) is 8.04. The zero-order valence-electron chi connectivity index (χ0n) is 21.5. The molecule has 188 valence electrons. The Bertz CT molecular complexity index is 1340. The number of amides is 1. The first-order valence-electron chi connectivity index (χ1n) is 13.4. The van der Waals surface area contributed by atoms with Gasteiger partial charge in [0, 0.05) is 44.0 Å². The number of anilines is 1. The molecular weight excluding hydrogens is 458 g/mol. The highest BCUT2D eigenvalue weighted by atomic mass is 16.2. The average molecular weight is 492 g/mol. The zero-order chi connectivity index (χ0) is 25.4. The largest absolute Gasteiger partial charge is 0.369 e. The predicted molar refractivity (Wildman–Crippen MR) is 149 cm³/mol. The molecule has 1 aliphatic carbocycles. The number of aryl methyl sites for hydroxylation is 1. The molecule has 0 unspecified atom stereocenters. The summed E-state index contributed by atoms with van der Waals surface area (Å²) < 4.78 is 0. The Kier molecular flexibility index (Phi) is 6.39. The SMILES string of the molecule is Cc1ccccc1N1CCN(CCCCN2CC(=O)C(=C3c4ccccc4-c4ccccc43)C2=O)CC1. The summed E-state index contributed by atoms with van der Waals surface area (Å²) in [6.07, 6.45) is 1.94. The maximum absolute atomic E-state index is 13.4. The molecule has 3 aromatic rings. The highest BCUT2D eigenvalue weighted by molar-refractivity contribution is 6.32. The van der Waals surface area contributed by atoms with Crippen molar-refractivity contribution in [3.8, 4) is 11.1 Å². The van der Waals surface area contributed by atoms with Gasteiger partial charge in [-0.1, -0.05) is 66.7 Å². The van der Waals surface area contributed by atoms with E-state index in [0.29, 0.717) is 12.1 Å². The molecule has 1 amide bonds. The van der Waals surface area contributed by atoms with Gasteiger partial charge in [-0.15, -0.1) is 0 Å². The van der Waals surface area contributed by atoms with Gasteiger partial charge >= 0.3 is 0 Å². The lowest BCUT2D eigenvalue weighted by Gasteiger charge is -2.36. The van der Waals surface area contributed by atoms with Gasteiger partial charge in [0.05, 0.1) is 12.1 Å². The number of carbonyl (C=O) groups excluding carboxylic acids is 2. The summed E-state index contributed by atoms with van der Waals surface area (Å²) in [6.45, 7) is 8.25. The molecule has 5 heteroatoms. The van der Waals surface area contributed by atoms with E-state index in [1.165, 1.54) is 11.3 Å². The van der Waals surface area contributed by atoms with Crippen LogP contribution < -0.4 is 4.90 Å². The zero-order valence-corrected chi connectivity index (χ0v) is 21.5. The van der Waals surface area contributed by atoms with E-state index in [0.717, 1.165) is 73.4 Å². The van der Waals surface area contributed by atoms with Crippen molar-refractivity contribution in [2.75, 3.05) is 50.7 Å². The van der Waals surface area contributed by atoms with E-state index < -0.39 is 0 Å². The third-order valence-electron chi connectivity index (χ3n) is 8.03. The quantitative estimate of drug-likeness (QED) is 0.221. The molecule has 2 saturated heterocycles. The van der Waals surface area contributed by atoms with E-state index in [4.69, 9.17) is 0 Å². The van der Waals surface area contributed by atoms with Crippen molar-refractivity contribution >= 4 is 23.0 Å². The fourth-order valence-corrected chi connectivity index (χ4v) is 6.08. The molecule has 0 bridgehead atoms. The Hall–Kier alpha value is -3.70. The first kappa shape index (κ1) is 23.7. The minimum Gasteiger partial charge on any atom is -0.369 e. The maximum Gasteiger partial charge on any atom is 0.258 e. The summed E-state index contributed by atoms with van der Waals surface area (Å²) in [5.74, 6) is -0.169. The fraction of sp³-hybridized carbons (Fsp3) is 0.312.